The first-order valence-corrected chi connectivity index (χ1v) is 10.9. The van der Waals surface area contributed by atoms with E-state index in [0.29, 0.717) is 0 Å². The summed E-state index contributed by atoms with van der Waals surface area (Å²) in [5.74, 6) is -81.0. The number of nitro benzene ring substituents is 2. The fourth-order valence-corrected chi connectivity index (χ4v) is 3.03. The fourth-order valence-electron chi connectivity index (χ4n) is 3.03. The van der Waals surface area contributed by atoms with Crippen molar-refractivity contribution in [1.29, 1.82) is 0 Å². The van der Waals surface area contributed by atoms with Gasteiger partial charge in [-0.15, -0.1) is 0 Å². The van der Waals surface area contributed by atoms with Crippen LogP contribution in [-0.4, -0.2) is 81.9 Å². The lowest BCUT2D eigenvalue weighted by Crippen LogP contribution is -2.76. The van der Waals surface area contributed by atoms with Gasteiger partial charge in [0.05, 0.1) is 34.5 Å². The molecule has 1 rings (SSSR count). The molecule has 0 aliphatic rings. The molecule has 0 radical (unpaired) electrons. The smallest absolute Gasteiger partial charge is 0.460 e. The molecule has 0 amide bonds. The molecular weight excluding hydrogens is 751 g/mol. The lowest BCUT2D eigenvalue weighted by atomic mass is 9.86. The molecule has 0 aliphatic carbocycles. The predicted molar refractivity (Wildman–Crippen MR) is 105 cm³/mol. The molecule has 0 aromatic heterocycles. The van der Waals surface area contributed by atoms with Crippen LogP contribution in [0.25, 0.3) is 0 Å². The highest BCUT2D eigenvalue weighted by Gasteiger charge is 2.97. The Kier molecular flexibility index (Phi) is 10.4. The van der Waals surface area contributed by atoms with Gasteiger partial charge in [0, 0.05) is 12.1 Å². The van der Waals surface area contributed by atoms with Crippen LogP contribution >= 0.6 is 0 Å². The number of nitrogens with zero attached hydrogens (tertiary/aromatic N) is 2. The number of ether oxygens (including phenoxy) is 1. The monoisotopic (exact) mass is 758 g/mol. The van der Waals surface area contributed by atoms with Crippen LogP contribution < -0.4 is 0 Å². The number of carbonyl (C=O) groups is 1. The van der Waals surface area contributed by atoms with Gasteiger partial charge in [0.1, 0.15) is 0 Å². The molecule has 0 heterocycles. The number of halogens is 21. The van der Waals surface area contributed by atoms with E-state index in [1.165, 1.54) is 0 Å². The van der Waals surface area contributed by atoms with Crippen molar-refractivity contribution < 1.29 is 112 Å². The maximum Gasteiger partial charge on any atom is 0.460 e. The van der Waals surface area contributed by atoms with Gasteiger partial charge in [-0.1, -0.05) is 0 Å². The second kappa shape index (κ2) is 11.9. The molecule has 29 heteroatoms. The normalized spacial score (nSPS) is 14.9. The molecule has 0 unspecified atom stereocenters. The summed E-state index contributed by atoms with van der Waals surface area (Å²) in [7, 11) is 0. The van der Waals surface area contributed by atoms with Crippen LogP contribution in [0.3, 0.4) is 0 Å². The van der Waals surface area contributed by atoms with Gasteiger partial charge in [0.15, 0.2) is 0 Å². The van der Waals surface area contributed by atoms with Crippen molar-refractivity contribution in [2.45, 2.75) is 65.9 Å². The van der Waals surface area contributed by atoms with Crippen molar-refractivity contribution in [2.75, 3.05) is 6.61 Å². The highest BCUT2D eigenvalue weighted by atomic mass is 19.4. The molecule has 276 valence electrons. The van der Waals surface area contributed by atoms with Gasteiger partial charge in [0.2, 0.25) is 0 Å². The van der Waals surface area contributed by atoms with Crippen LogP contribution in [0.4, 0.5) is 104 Å². The minimum Gasteiger partial charge on any atom is -0.462 e. The van der Waals surface area contributed by atoms with E-state index in [4.69, 9.17) is 0 Å². The number of alkyl halides is 21. The Hall–Kier alpha value is -3.98. The number of rotatable bonds is 14. The second-order valence-corrected chi connectivity index (χ2v) is 8.94. The molecule has 0 fully saturated rings. The number of nitro groups is 2. The van der Waals surface area contributed by atoms with Crippen LogP contribution in [0.15, 0.2) is 18.2 Å². The molecule has 0 aliphatic heterocycles. The third-order valence-electron chi connectivity index (χ3n) is 5.78. The Labute approximate surface area is 246 Å². The highest BCUT2D eigenvalue weighted by Crippen LogP contribution is 2.66. The number of hydrogen-bond acceptors (Lipinski definition) is 6. The Morgan fingerprint density at radius 3 is 1.10 bits per heavy atom. The molecular formula is C19H7F21N2O6. The van der Waals surface area contributed by atoms with Gasteiger partial charge >= 0.3 is 65.4 Å². The number of non-ortho nitro benzene ring substituents is 2. The summed E-state index contributed by atoms with van der Waals surface area (Å²) in [6, 6.07) is 0.345. The number of esters is 1. The molecule has 0 saturated carbocycles. The Balaban J connectivity index is 3.50. The first-order chi connectivity index (χ1) is 20.8. The largest absolute Gasteiger partial charge is 0.462 e. The van der Waals surface area contributed by atoms with E-state index in [1.54, 1.807) is 0 Å². The number of carbonyl (C=O) groups excluding carboxylic acids is 1. The van der Waals surface area contributed by atoms with Gasteiger partial charge in [-0.05, 0) is 0 Å². The second-order valence-electron chi connectivity index (χ2n) is 8.94. The van der Waals surface area contributed by atoms with Gasteiger partial charge in [-0.3, -0.25) is 20.2 Å². The summed E-state index contributed by atoms with van der Waals surface area (Å²) in [5, 5.41) is 21.5. The summed E-state index contributed by atoms with van der Waals surface area (Å²) in [6.45, 7) is -2.48. The topological polar surface area (TPSA) is 113 Å². The van der Waals surface area contributed by atoms with Crippen molar-refractivity contribution in [3.8, 4) is 0 Å². The van der Waals surface area contributed by atoms with Crippen molar-refractivity contribution in [1.82, 2.24) is 0 Å². The van der Waals surface area contributed by atoms with E-state index in [2.05, 4.69) is 4.74 Å². The third-order valence-corrected chi connectivity index (χ3v) is 5.78. The summed E-state index contributed by atoms with van der Waals surface area (Å²) in [6.07, 6.45) is -11.4. The Bertz CT molecular complexity index is 1390. The van der Waals surface area contributed by atoms with Crippen molar-refractivity contribution in [2.24, 2.45) is 0 Å². The van der Waals surface area contributed by atoms with Crippen molar-refractivity contribution in [3.05, 3.63) is 44.0 Å². The quantitative estimate of drug-likeness (QED) is 0.0817. The zero-order chi connectivity index (χ0) is 38.7. The maximum atomic E-state index is 14.0. The number of hydrogen-bond donors (Lipinski definition) is 0. The zero-order valence-corrected chi connectivity index (χ0v) is 21.4. The standard InChI is InChI=1S/C19H7F21N2O6/c20-10(21,1-2-48-9(43)6-3-7(41(44)45)5-8(4-6)42(46)47)11(22,23)12(24,25)13(26,27)14(28,29)15(30,31)16(32,33)17(34,35)18(36,37)19(38,39)40/h3-5H,1-2H2. The Morgan fingerprint density at radius 2 is 0.812 bits per heavy atom. The van der Waals surface area contributed by atoms with E-state index in [0.717, 1.165) is 0 Å². The lowest BCUT2D eigenvalue weighted by Gasteiger charge is -2.44. The van der Waals surface area contributed by atoms with E-state index in [-0.39, 0.29) is 18.2 Å². The van der Waals surface area contributed by atoms with Gasteiger partial charge in [-0.2, -0.15) is 92.2 Å². The highest BCUT2D eigenvalue weighted by molar-refractivity contribution is 5.91. The van der Waals surface area contributed by atoms with Crippen LogP contribution in [-0.2, 0) is 4.74 Å². The van der Waals surface area contributed by atoms with Crippen LogP contribution in [0.2, 0.25) is 0 Å². The minimum absolute atomic E-state index is 0.0862. The van der Waals surface area contributed by atoms with Crippen LogP contribution in [0, 0.1) is 20.2 Å². The van der Waals surface area contributed by atoms with Crippen LogP contribution in [0.1, 0.15) is 16.8 Å². The molecule has 1 aromatic carbocycles. The molecule has 0 atom stereocenters. The van der Waals surface area contributed by atoms with Gasteiger partial charge in [-0.25, -0.2) is 4.79 Å². The van der Waals surface area contributed by atoms with Gasteiger partial charge < -0.3 is 4.74 Å². The van der Waals surface area contributed by atoms with Crippen LogP contribution in [0.5, 0.6) is 0 Å². The first-order valence-electron chi connectivity index (χ1n) is 10.9. The van der Waals surface area contributed by atoms with Crippen molar-refractivity contribution in [3.63, 3.8) is 0 Å². The van der Waals surface area contributed by atoms with E-state index < -0.39 is 105 Å². The first kappa shape index (κ1) is 42.0. The SMILES string of the molecule is O=C(OCCC(F)(F)C(F)(F)C(F)(F)C(F)(F)C(F)(F)C(F)(F)C(F)(F)C(F)(F)C(F)(F)C(F)(F)F)c1cc([N+](=O)[O-])cc([N+](=O)[O-])c1. The zero-order valence-electron chi connectivity index (χ0n) is 21.4. The fraction of sp³-hybridized carbons (Fsp3) is 0.632. The van der Waals surface area contributed by atoms with E-state index in [9.17, 15) is 117 Å². The lowest BCUT2D eigenvalue weighted by molar-refractivity contribution is -0.474. The molecule has 0 spiro atoms. The molecule has 0 N–H and O–H groups in total. The van der Waals surface area contributed by atoms with E-state index >= 15 is 0 Å². The molecule has 0 saturated heterocycles. The predicted octanol–water partition coefficient (Wildman–Crippen LogP) is 8.33. The summed E-state index contributed by atoms with van der Waals surface area (Å²) in [5.41, 5.74) is -3.96. The minimum atomic E-state index is -9.33. The summed E-state index contributed by atoms with van der Waals surface area (Å²) in [4.78, 5) is 30.5. The summed E-state index contributed by atoms with van der Waals surface area (Å²) >= 11 is 0. The van der Waals surface area contributed by atoms with Gasteiger partial charge in [0.25, 0.3) is 11.4 Å². The summed E-state index contributed by atoms with van der Waals surface area (Å²) < 4.78 is 285. The molecule has 48 heavy (non-hydrogen) atoms. The van der Waals surface area contributed by atoms with E-state index in [1.807, 2.05) is 0 Å². The molecule has 1 aromatic rings. The third kappa shape index (κ3) is 6.06. The maximum absolute atomic E-state index is 14.0. The Morgan fingerprint density at radius 1 is 0.521 bits per heavy atom. The number of benzene rings is 1. The average molecular weight is 758 g/mol. The van der Waals surface area contributed by atoms with Crippen molar-refractivity contribution >= 4 is 17.3 Å². The average Bonchev–Trinajstić information content (AvgIpc) is 2.90. The molecule has 8 nitrogen and oxygen atoms in total. The molecule has 0 bridgehead atoms.